The van der Waals surface area contributed by atoms with E-state index in [9.17, 15) is 4.79 Å². The number of hydrogen-bond acceptors (Lipinski definition) is 5. The highest BCUT2D eigenvalue weighted by atomic mass is 16.1. The van der Waals surface area contributed by atoms with E-state index in [4.69, 9.17) is 4.98 Å². The molecule has 0 atom stereocenters. The van der Waals surface area contributed by atoms with Crippen molar-refractivity contribution in [3.05, 3.63) is 65.5 Å². The zero-order chi connectivity index (χ0) is 22.9. The molecule has 0 spiro atoms. The molecule has 0 saturated carbocycles. The number of imidazole rings is 1. The molecule has 33 heavy (non-hydrogen) atoms. The summed E-state index contributed by atoms with van der Waals surface area (Å²) in [6, 6.07) is 11.7. The molecule has 0 aliphatic rings. The second kappa shape index (κ2) is 8.48. The molecule has 0 bridgehead atoms. The van der Waals surface area contributed by atoms with Crippen LogP contribution < -0.4 is 10.6 Å². The Balaban J connectivity index is 1.61. The molecular formula is C25H25N7O. The molecule has 3 heterocycles. The Labute approximate surface area is 190 Å². The van der Waals surface area contributed by atoms with Gasteiger partial charge in [0.05, 0.1) is 16.6 Å². The first-order valence-electron chi connectivity index (χ1n) is 10.9. The van der Waals surface area contributed by atoms with Gasteiger partial charge in [-0.3, -0.25) is 14.9 Å². The van der Waals surface area contributed by atoms with E-state index in [1.807, 2.05) is 30.6 Å². The van der Waals surface area contributed by atoms with Gasteiger partial charge >= 0.3 is 0 Å². The van der Waals surface area contributed by atoms with E-state index in [0.717, 1.165) is 40.6 Å². The number of carbonyl (C=O) groups excluding carboxylic acids is 1. The van der Waals surface area contributed by atoms with Crippen LogP contribution in [0.5, 0.6) is 0 Å². The van der Waals surface area contributed by atoms with E-state index < -0.39 is 0 Å². The van der Waals surface area contributed by atoms with Gasteiger partial charge in [0, 0.05) is 36.9 Å². The van der Waals surface area contributed by atoms with Crippen LogP contribution in [0.2, 0.25) is 0 Å². The number of H-pyrrole nitrogens is 2. The minimum Gasteiger partial charge on any atom is -0.355 e. The molecule has 5 rings (SSSR count). The molecule has 5 aromatic rings. The number of rotatable bonds is 6. The van der Waals surface area contributed by atoms with E-state index in [0.29, 0.717) is 22.6 Å². The highest BCUT2D eigenvalue weighted by molar-refractivity contribution is 6.06. The predicted molar refractivity (Wildman–Crippen MR) is 130 cm³/mol. The van der Waals surface area contributed by atoms with Crippen LogP contribution in [0.15, 0.2) is 48.8 Å². The molecule has 0 radical (unpaired) electrons. The van der Waals surface area contributed by atoms with Gasteiger partial charge in [0.15, 0.2) is 5.82 Å². The Hall–Kier alpha value is -4.04. The molecular weight excluding hydrogens is 414 g/mol. The first-order chi connectivity index (χ1) is 16.1. The topological polar surface area (TPSA) is 111 Å². The van der Waals surface area contributed by atoms with Crippen molar-refractivity contribution in [2.75, 3.05) is 13.6 Å². The van der Waals surface area contributed by atoms with Crippen molar-refractivity contribution in [2.45, 2.75) is 20.4 Å². The molecule has 0 aliphatic heterocycles. The Bertz CT molecular complexity index is 1480. The molecule has 0 fully saturated rings. The van der Waals surface area contributed by atoms with Gasteiger partial charge in [-0.15, -0.1) is 0 Å². The molecule has 8 heteroatoms. The molecule has 0 aliphatic carbocycles. The third kappa shape index (κ3) is 3.64. The number of carbonyl (C=O) groups is 1. The summed E-state index contributed by atoms with van der Waals surface area (Å²) in [4.78, 5) is 24.8. The number of amides is 1. The minimum absolute atomic E-state index is 0.173. The monoisotopic (exact) mass is 439 g/mol. The minimum atomic E-state index is -0.173. The van der Waals surface area contributed by atoms with Gasteiger partial charge in [0.1, 0.15) is 11.2 Å². The van der Waals surface area contributed by atoms with Crippen molar-refractivity contribution in [3.8, 4) is 22.6 Å². The zero-order valence-corrected chi connectivity index (χ0v) is 18.8. The van der Waals surface area contributed by atoms with Gasteiger partial charge < -0.3 is 15.6 Å². The number of hydrogen-bond donors (Lipinski definition) is 4. The van der Waals surface area contributed by atoms with E-state index in [-0.39, 0.29) is 5.91 Å². The second-order valence-electron chi connectivity index (χ2n) is 7.95. The second-order valence-corrected chi connectivity index (χ2v) is 7.95. The number of nitrogens with one attached hydrogen (secondary N) is 4. The van der Waals surface area contributed by atoms with Gasteiger partial charge in [-0.2, -0.15) is 5.10 Å². The first kappa shape index (κ1) is 20.8. The number of aromatic amines is 2. The molecule has 2 aromatic carbocycles. The lowest BCUT2D eigenvalue weighted by atomic mass is 9.98. The van der Waals surface area contributed by atoms with Crippen LogP contribution in [0, 0.1) is 6.92 Å². The van der Waals surface area contributed by atoms with Gasteiger partial charge in [-0.25, -0.2) is 4.98 Å². The van der Waals surface area contributed by atoms with Crippen LogP contribution >= 0.6 is 0 Å². The molecule has 3 aromatic heterocycles. The number of aromatic nitrogens is 5. The Morgan fingerprint density at radius 2 is 2.00 bits per heavy atom. The summed E-state index contributed by atoms with van der Waals surface area (Å²) in [5.41, 5.74) is 8.09. The highest BCUT2D eigenvalue weighted by Crippen LogP contribution is 2.32. The summed E-state index contributed by atoms with van der Waals surface area (Å²) in [5.74, 6) is 0.439. The fraction of sp³-hybridized carbons (Fsp3) is 0.200. The summed E-state index contributed by atoms with van der Waals surface area (Å²) in [6.45, 7) is 5.92. The number of fused-ring (bicyclic) bond motifs is 2. The normalized spacial score (nSPS) is 11.4. The Kier molecular flexibility index (Phi) is 5.35. The maximum absolute atomic E-state index is 12.3. The third-order valence-electron chi connectivity index (χ3n) is 5.97. The van der Waals surface area contributed by atoms with E-state index in [1.165, 1.54) is 11.1 Å². The highest BCUT2D eigenvalue weighted by Gasteiger charge is 2.17. The fourth-order valence-corrected chi connectivity index (χ4v) is 4.12. The Morgan fingerprint density at radius 1 is 1.12 bits per heavy atom. The van der Waals surface area contributed by atoms with Crippen LogP contribution in [0.3, 0.4) is 0 Å². The summed E-state index contributed by atoms with van der Waals surface area (Å²) < 4.78 is 0. The summed E-state index contributed by atoms with van der Waals surface area (Å²) >= 11 is 0. The zero-order valence-electron chi connectivity index (χ0n) is 18.8. The molecule has 0 unspecified atom stereocenters. The van der Waals surface area contributed by atoms with Crippen molar-refractivity contribution in [1.29, 1.82) is 0 Å². The van der Waals surface area contributed by atoms with Crippen LogP contribution in [-0.2, 0) is 6.54 Å². The van der Waals surface area contributed by atoms with Gasteiger partial charge in [0.2, 0.25) is 0 Å². The number of pyridine rings is 1. The lowest BCUT2D eigenvalue weighted by Gasteiger charge is -2.11. The van der Waals surface area contributed by atoms with Crippen LogP contribution in [0.25, 0.3) is 44.6 Å². The average Bonchev–Trinajstić information content (AvgIpc) is 3.46. The molecule has 0 saturated heterocycles. The summed E-state index contributed by atoms with van der Waals surface area (Å²) in [5, 5.41) is 14.6. The third-order valence-corrected chi connectivity index (χ3v) is 5.97. The largest absolute Gasteiger partial charge is 0.355 e. The van der Waals surface area contributed by atoms with E-state index in [1.54, 1.807) is 13.1 Å². The lowest BCUT2D eigenvalue weighted by molar-refractivity contribution is 0.0964. The summed E-state index contributed by atoms with van der Waals surface area (Å²) in [6.07, 6.45) is 3.82. The van der Waals surface area contributed by atoms with Crippen LogP contribution in [0.4, 0.5) is 0 Å². The SMILES string of the molecule is CCNCc1cncc(-c2ccc3[nH]nc(-c4nc5c(C(=O)NC)cccc5[nH]4)c3c2)c1C. The van der Waals surface area contributed by atoms with E-state index in [2.05, 4.69) is 56.8 Å². The van der Waals surface area contributed by atoms with Gasteiger partial charge in [0.25, 0.3) is 5.91 Å². The lowest BCUT2D eigenvalue weighted by Crippen LogP contribution is -2.18. The maximum Gasteiger partial charge on any atom is 0.253 e. The smallest absolute Gasteiger partial charge is 0.253 e. The molecule has 1 amide bonds. The van der Waals surface area contributed by atoms with Gasteiger partial charge in [-0.1, -0.05) is 19.1 Å². The maximum atomic E-state index is 12.3. The molecule has 4 N–H and O–H groups in total. The molecule has 166 valence electrons. The standard InChI is InChI=1S/C25H25N7O/c1-4-27-11-16-12-28-13-19(14(16)2)15-8-9-20-18(10-15)23(32-31-20)24-29-21-7-5-6-17(22(21)30-24)25(33)26-3/h5-10,12-13,27H,4,11H2,1-3H3,(H,26,33)(H,29,30)(H,31,32). The van der Waals surface area contributed by atoms with Crippen molar-refractivity contribution in [2.24, 2.45) is 0 Å². The van der Waals surface area contributed by atoms with Crippen LogP contribution in [-0.4, -0.2) is 44.6 Å². The van der Waals surface area contributed by atoms with Crippen molar-refractivity contribution >= 4 is 27.8 Å². The summed E-state index contributed by atoms with van der Waals surface area (Å²) in [7, 11) is 1.61. The number of nitrogens with zero attached hydrogens (tertiary/aromatic N) is 3. The average molecular weight is 440 g/mol. The number of benzene rings is 2. The van der Waals surface area contributed by atoms with Crippen LogP contribution in [0.1, 0.15) is 28.4 Å². The van der Waals surface area contributed by atoms with E-state index >= 15 is 0 Å². The number of para-hydroxylation sites is 1. The van der Waals surface area contributed by atoms with Crippen molar-refractivity contribution in [1.82, 2.24) is 35.8 Å². The fourth-order valence-electron chi connectivity index (χ4n) is 4.12. The quantitative estimate of drug-likeness (QED) is 0.320. The molecule has 8 nitrogen and oxygen atoms in total. The Morgan fingerprint density at radius 3 is 2.82 bits per heavy atom. The van der Waals surface area contributed by atoms with Crippen molar-refractivity contribution in [3.63, 3.8) is 0 Å². The predicted octanol–water partition coefficient (Wildman–Crippen LogP) is 3.95. The van der Waals surface area contributed by atoms with Crippen molar-refractivity contribution < 1.29 is 4.79 Å². The first-order valence-corrected chi connectivity index (χ1v) is 10.9. The van der Waals surface area contributed by atoms with Gasteiger partial charge in [-0.05, 0) is 54.4 Å².